The fraction of sp³-hybridized carbons (Fsp3) is 0.200. The Morgan fingerprint density at radius 2 is 2.00 bits per heavy atom. The Balaban J connectivity index is 1.46. The van der Waals surface area contributed by atoms with Crippen LogP contribution in [0.1, 0.15) is 10.4 Å². The molecule has 0 unspecified atom stereocenters. The number of nitrogens with zero attached hydrogens (tertiary/aromatic N) is 4. The van der Waals surface area contributed by atoms with E-state index < -0.39 is 0 Å². The Bertz CT molecular complexity index is 803. The van der Waals surface area contributed by atoms with Gasteiger partial charge in [0.1, 0.15) is 18.9 Å². The van der Waals surface area contributed by atoms with Crippen molar-refractivity contribution < 1.29 is 14.3 Å². The van der Waals surface area contributed by atoms with E-state index in [9.17, 15) is 4.79 Å². The number of fused-ring (bicyclic) bond motifs is 1. The first-order chi connectivity index (χ1) is 11.2. The fourth-order valence-electron chi connectivity index (χ4n) is 1.98. The number of hydrogen-bond donors (Lipinski definition) is 1. The van der Waals surface area contributed by atoms with Gasteiger partial charge in [-0.15, -0.1) is 0 Å². The van der Waals surface area contributed by atoms with Gasteiger partial charge in [0.25, 0.3) is 0 Å². The number of aromatic nitrogens is 4. The molecule has 0 amide bonds. The molecule has 1 aromatic carbocycles. The average molecular weight is 313 g/mol. The molecule has 118 valence electrons. The molecule has 8 heteroatoms. The maximum absolute atomic E-state index is 11.7. The lowest BCUT2D eigenvalue weighted by molar-refractivity contribution is 0.0181. The van der Waals surface area contributed by atoms with Crippen LogP contribution in [0.3, 0.4) is 0 Å². The quantitative estimate of drug-likeness (QED) is 0.539. The predicted molar refractivity (Wildman–Crippen MR) is 82.4 cm³/mol. The molecule has 3 rings (SSSR count). The second-order valence-corrected chi connectivity index (χ2v) is 4.69. The normalized spacial score (nSPS) is 10.8. The highest BCUT2D eigenvalue weighted by atomic mass is 16.6. The first kappa shape index (κ1) is 14.9. The highest BCUT2D eigenvalue weighted by Gasteiger charge is 2.07. The van der Waals surface area contributed by atoms with Crippen LogP contribution in [0.4, 0.5) is 5.95 Å². The Morgan fingerprint density at radius 3 is 2.83 bits per heavy atom. The Kier molecular flexibility index (Phi) is 4.44. The molecular weight excluding hydrogens is 298 g/mol. The summed E-state index contributed by atoms with van der Waals surface area (Å²) >= 11 is 0. The number of nitrogens with two attached hydrogens (primary N) is 1. The molecule has 3 aromatic rings. The first-order valence-electron chi connectivity index (χ1n) is 6.97. The van der Waals surface area contributed by atoms with Crippen molar-refractivity contribution in [2.24, 2.45) is 0 Å². The zero-order valence-electron chi connectivity index (χ0n) is 12.3. The summed E-state index contributed by atoms with van der Waals surface area (Å²) in [7, 11) is 0. The van der Waals surface area contributed by atoms with Crippen molar-refractivity contribution in [1.29, 1.82) is 0 Å². The number of rotatable bonds is 6. The number of benzene rings is 1. The van der Waals surface area contributed by atoms with Crippen molar-refractivity contribution in [2.75, 3.05) is 18.9 Å². The largest absolute Gasteiger partial charge is 0.460 e. The lowest BCUT2D eigenvalue weighted by atomic mass is 10.2. The summed E-state index contributed by atoms with van der Waals surface area (Å²) in [5.74, 6) is -0.196. The third-order valence-electron chi connectivity index (χ3n) is 3.08. The van der Waals surface area contributed by atoms with Gasteiger partial charge in [0.2, 0.25) is 5.95 Å². The van der Waals surface area contributed by atoms with Crippen molar-refractivity contribution in [3.63, 3.8) is 0 Å². The molecule has 0 aliphatic rings. The number of esters is 1. The van der Waals surface area contributed by atoms with Crippen LogP contribution in [-0.4, -0.2) is 38.7 Å². The fourth-order valence-corrected chi connectivity index (χ4v) is 1.98. The van der Waals surface area contributed by atoms with E-state index >= 15 is 0 Å². The first-order valence-corrected chi connectivity index (χ1v) is 6.97. The minimum atomic E-state index is -0.372. The third-order valence-corrected chi connectivity index (χ3v) is 3.08. The van der Waals surface area contributed by atoms with Gasteiger partial charge in [0, 0.05) is 0 Å². The number of ether oxygens (including phenoxy) is 2. The van der Waals surface area contributed by atoms with Crippen LogP contribution >= 0.6 is 0 Å². The van der Waals surface area contributed by atoms with Crippen LogP contribution in [0.5, 0.6) is 0 Å². The molecule has 0 radical (unpaired) electrons. The second-order valence-electron chi connectivity index (χ2n) is 4.69. The highest BCUT2D eigenvalue weighted by molar-refractivity contribution is 5.89. The molecule has 0 aliphatic carbocycles. The Morgan fingerprint density at radius 1 is 1.17 bits per heavy atom. The number of anilines is 1. The van der Waals surface area contributed by atoms with Crippen LogP contribution < -0.4 is 5.73 Å². The summed E-state index contributed by atoms with van der Waals surface area (Å²) in [5, 5.41) is 0. The minimum absolute atomic E-state index is 0.164. The smallest absolute Gasteiger partial charge is 0.338 e. The topological polar surface area (TPSA) is 105 Å². The van der Waals surface area contributed by atoms with Gasteiger partial charge >= 0.3 is 5.97 Å². The summed E-state index contributed by atoms with van der Waals surface area (Å²) < 4.78 is 12.3. The van der Waals surface area contributed by atoms with Gasteiger partial charge in [-0.25, -0.2) is 14.8 Å². The summed E-state index contributed by atoms with van der Waals surface area (Å²) in [4.78, 5) is 23.8. The molecule has 0 bridgehead atoms. The Labute approximate surface area is 131 Å². The molecule has 0 fully saturated rings. The van der Waals surface area contributed by atoms with E-state index in [1.807, 2.05) is 6.07 Å². The van der Waals surface area contributed by atoms with Crippen LogP contribution in [0.2, 0.25) is 0 Å². The van der Waals surface area contributed by atoms with E-state index in [0.717, 1.165) is 0 Å². The molecule has 2 aromatic heterocycles. The standard InChI is InChI=1S/C15H15N5O3/c16-15-17-8-12-13(19-15)20(9-18-12)10-22-6-7-23-14(21)11-4-2-1-3-5-11/h1-5,8-9H,6-7,10H2,(H2,16,17,19). The van der Waals surface area contributed by atoms with Crippen molar-refractivity contribution in [3.05, 3.63) is 48.4 Å². The van der Waals surface area contributed by atoms with Gasteiger partial charge in [-0.3, -0.25) is 4.57 Å². The van der Waals surface area contributed by atoms with Crippen molar-refractivity contribution >= 4 is 23.1 Å². The van der Waals surface area contributed by atoms with E-state index in [1.165, 1.54) is 0 Å². The molecule has 2 heterocycles. The summed E-state index contributed by atoms with van der Waals surface area (Å²) in [6.07, 6.45) is 3.14. The molecule has 23 heavy (non-hydrogen) atoms. The number of imidazole rings is 1. The van der Waals surface area contributed by atoms with E-state index in [1.54, 1.807) is 41.4 Å². The van der Waals surface area contributed by atoms with E-state index in [4.69, 9.17) is 15.2 Å². The summed E-state index contributed by atoms with van der Waals surface area (Å²) in [6, 6.07) is 8.80. The lowest BCUT2D eigenvalue weighted by Gasteiger charge is -2.07. The molecule has 0 atom stereocenters. The zero-order chi connectivity index (χ0) is 16.1. The Hall–Kier alpha value is -3.00. The van der Waals surface area contributed by atoms with Gasteiger partial charge < -0.3 is 15.2 Å². The average Bonchev–Trinajstić information content (AvgIpc) is 2.97. The number of hydrogen-bond acceptors (Lipinski definition) is 7. The minimum Gasteiger partial charge on any atom is -0.460 e. The number of carbonyl (C=O) groups excluding carboxylic acids is 1. The molecule has 0 spiro atoms. The van der Waals surface area contributed by atoms with Gasteiger partial charge in [-0.05, 0) is 12.1 Å². The van der Waals surface area contributed by atoms with E-state index in [-0.39, 0.29) is 31.9 Å². The summed E-state index contributed by atoms with van der Waals surface area (Å²) in [5.41, 5.74) is 7.30. The molecule has 0 saturated heterocycles. The van der Waals surface area contributed by atoms with Gasteiger partial charge in [-0.2, -0.15) is 4.98 Å². The molecule has 8 nitrogen and oxygen atoms in total. The van der Waals surface area contributed by atoms with Crippen molar-refractivity contribution in [1.82, 2.24) is 19.5 Å². The van der Waals surface area contributed by atoms with Gasteiger partial charge in [0.05, 0.1) is 24.7 Å². The number of carbonyl (C=O) groups is 1. The summed E-state index contributed by atoms with van der Waals surface area (Å²) in [6.45, 7) is 0.659. The maximum Gasteiger partial charge on any atom is 0.338 e. The third kappa shape index (κ3) is 3.61. The van der Waals surface area contributed by atoms with Gasteiger partial charge in [-0.1, -0.05) is 18.2 Å². The number of nitrogen functional groups attached to an aromatic ring is 1. The predicted octanol–water partition coefficient (Wildman–Crippen LogP) is 1.24. The molecular formula is C15H15N5O3. The molecule has 0 saturated carbocycles. The molecule has 0 aliphatic heterocycles. The van der Waals surface area contributed by atoms with Crippen molar-refractivity contribution in [3.8, 4) is 0 Å². The highest BCUT2D eigenvalue weighted by Crippen LogP contribution is 2.09. The van der Waals surface area contributed by atoms with Gasteiger partial charge in [0.15, 0.2) is 5.65 Å². The second kappa shape index (κ2) is 6.84. The van der Waals surface area contributed by atoms with Crippen LogP contribution in [0.25, 0.3) is 11.2 Å². The molecule has 2 N–H and O–H groups in total. The van der Waals surface area contributed by atoms with Crippen LogP contribution in [0, 0.1) is 0 Å². The monoisotopic (exact) mass is 313 g/mol. The maximum atomic E-state index is 11.7. The van der Waals surface area contributed by atoms with Crippen LogP contribution in [0.15, 0.2) is 42.9 Å². The van der Waals surface area contributed by atoms with E-state index in [2.05, 4.69) is 15.0 Å². The van der Waals surface area contributed by atoms with Crippen molar-refractivity contribution in [2.45, 2.75) is 6.73 Å². The SMILES string of the molecule is Nc1ncc2ncn(COCCOC(=O)c3ccccc3)c2n1. The zero-order valence-corrected chi connectivity index (χ0v) is 12.3. The van der Waals surface area contributed by atoms with E-state index in [0.29, 0.717) is 16.7 Å². The lowest BCUT2D eigenvalue weighted by Crippen LogP contribution is -2.12. The van der Waals surface area contributed by atoms with Crippen LogP contribution in [-0.2, 0) is 16.2 Å².